The lowest BCUT2D eigenvalue weighted by atomic mass is 10.1. The number of pyridine rings is 1. The van der Waals surface area contributed by atoms with Crippen molar-refractivity contribution in [3.63, 3.8) is 0 Å². The first-order chi connectivity index (χ1) is 12.0. The summed E-state index contributed by atoms with van der Waals surface area (Å²) in [6.45, 7) is 7.49. The highest BCUT2D eigenvalue weighted by atomic mass is 19.4. The molecule has 1 amide bonds. The van der Waals surface area contributed by atoms with Crippen LogP contribution in [-0.2, 0) is 18.0 Å². The standard InChI is InChI=1S/C17H23F3N4O2/c1-9(2)6-7-21-16(25)11(4)26-13-8-12(17(18,19)20)14-10(3)23-24(5)15(14)22-13/h8-9,11H,6-7H2,1-5H3,(H,21,25). The first kappa shape index (κ1) is 20.0. The Balaban J connectivity index is 2.27. The van der Waals surface area contributed by atoms with Gasteiger partial charge in [0.15, 0.2) is 11.8 Å². The molecule has 2 rings (SSSR count). The molecule has 0 fully saturated rings. The summed E-state index contributed by atoms with van der Waals surface area (Å²) in [6.07, 6.45) is -4.76. The van der Waals surface area contributed by atoms with Crippen LogP contribution < -0.4 is 10.1 Å². The molecule has 1 unspecified atom stereocenters. The number of ether oxygens (including phenoxy) is 1. The number of aromatic nitrogens is 3. The molecule has 1 N–H and O–H groups in total. The highest BCUT2D eigenvalue weighted by Gasteiger charge is 2.36. The van der Waals surface area contributed by atoms with E-state index in [1.807, 2.05) is 13.8 Å². The Labute approximate surface area is 149 Å². The SMILES string of the molecule is Cc1nn(C)c2nc(OC(C)C(=O)NCCC(C)C)cc(C(F)(F)F)c12. The number of nitrogens with zero attached hydrogens (tertiary/aromatic N) is 3. The van der Waals surface area contributed by atoms with Gasteiger partial charge < -0.3 is 10.1 Å². The summed E-state index contributed by atoms with van der Waals surface area (Å²) in [7, 11) is 1.51. The van der Waals surface area contributed by atoms with Crippen molar-refractivity contribution in [2.24, 2.45) is 13.0 Å². The summed E-state index contributed by atoms with van der Waals surface area (Å²) in [4.78, 5) is 16.1. The third kappa shape index (κ3) is 4.44. The van der Waals surface area contributed by atoms with Crippen molar-refractivity contribution in [2.75, 3.05) is 6.54 Å². The molecule has 1 atom stereocenters. The van der Waals surface area contributed by atoms with Crippen LogP contribution in [0.4, 0.5) is 13.2 Å². The maximum Gasteiger partial charge on any atom is 0.417 e. The van der Waals surface area contributed by atoms with Crippen molar-refractivity contribution in [3.05, 3.63) is 17.3 Å². The summed E-state index contributed by atoms with van der Waals surface area (Å²) in [5.74, 6) is -0.236. The van der Waals surface area contributed by atoms with Gasteiger partial charge in [-0.15, -0.1) is 0 Å². The van der Waals surface area contributed by atoms with Gasteiger partial charge in [-0.25, -0.2) is 0 Å². The molecule has 0 saturated heterocycles. The van der Waals surface area contributed by atoms with E-state index in [-0.39, 0.29) is 22.6 Å². The molecule has 0 spiro atoms. The minimum Gasteiger partial charge on any atom is -0.464 e. The van der Waals surface area contributed by atoms with E-state index >= 15 is 0 Å². The van der Waals surface area contributed by atoms with E-state index in [1.54, 1.807) is 0 Å². The van der Waals surface area contributed by atoms with Crippen LogP contribution in [0, 0.1) is 12.8 Å². The summed E-state index contributed by atoms with van der Waals surface area (Å²) >= 11 is 0. The van der Waals surface area contributed by atoms with Gasteiger partial charge in [0.2, 0.25) is 5.88 Å². The normalized spacial score (nSPS) is 13.3. The molecular formula is C17H23F3N4O2. The van der Waals surface area contributed by atoms with E-state index in [0.717, 1.165) is 12.5 Å². The second kappa shape index (κ2) is 7.51. The first-order valence-electron chi connectivity index (χ1n) is 8.36. The number of fused-ring (bicyclic) bond motifs is 1. The van der Waals surface area contributed by atoms with Gasteiger partial charge in [-0.1, -0.05) is 13.8 Å². The zero-order chi connectivity index (χ0) is 19.6. The van der Waals surface area contributed by atoms with Crippen molar-refractivity contribution in [2.45, 2.75) is 46.4 Å². The van der Waals surface area contributed by atoms with Crippen LogP contribution in [0.15, 0.2) is 6.07 Å². The molecule has 2 heterocycles. The molecule has 9 heteroatoms. The maximum absolute atomic E-state index is 13.4. The van der Waals surface area contributed by atoms with E-state index in [4.69, 9.17) is 4.74 Å². The van der Waals surface area contributed by atoms with E-state index < -0.39 is 23.8 Å². The third-order valence-corrected chi connectivity index (χ3v) is 3.94. The van der Waals surface area contributed by atoms with Gasteiger partial charge in [-0.3, -0.25) is 9.48 Å². The quantitative estimate of drug-likeness (QED) is 0.845. The molecule has 26 heavy (non-hydrogen) atoms. The van der Waals surface area contributed by atoms with Gasteiger partial charge in [-0.05, 0) is 26.2 Å². The van der Waals surface area contributed by atoms with E-state index in [2.05, 4.69) is 15.4 Å². The number of carbonyl (C=O) groups excluding carboxylic acids is 1. The average Bonchev–Trinajstić information content (AvgIpc) is 2.79. The highest BCUT2D eigenvalue weighted by molar-refractivity contribution is 5.84. The lowest BCUT2D eigenvalue weighted by molar-refractivity contribution is -0.136. The van der Waals surface area contributed by atoms with Crippen LogP contribution in [0.5, 0.6) is 5.88 Å². The highest BCUT2D eigenvalue weighted by Crippen LogP contribution is 2.37. The van der Waals surface area contributed by atoms with E-state index in [0.29, 0.717) is 12.5 Å². The molecule has 0 aliphatic carbocycles. The fourth-order valence-electron chi connectivity index (χ4n) is 2.57. The zero-order valence-corrected chi connectivity index (χ0v) is 15.4. The number of hydrogen-bond donors (Lipinski definition) is 1. The van der Waals surface area contributed by atoms with Crippen molar-refractivity contribution >= 4 is 16.9 Å². The topological polar surface area (TPSA) is 69.0 Å². The van der Waals surface area contributed by atoms with Crippen molar-refractivity contribution < 1.29 is 22.7 Å². The number of aryl methyl sites for hydroxylation is 2. The fraction of sp³-hybridized carbons (Fsp3) is 0.588. The number of alkyl halides is 3. The number of amides is 1. The number of halogens is 3. The largest absolute Gasteiger partial charge is 0.464 e. The number of nitrogens with one attached hydrogen (secondary N) is 1. The van der Waals surface area contributed by atoms with Crippen molar-refractivity contribution in [1.29, 1.82) is 0 Å². The van der Waals surface area contributed by atoms with Crippen LogP contribution in [0.2, 0.25) is 0 Å². The number of carbonyl (C=O) groups is 1. The van der Waals surface area contributed by atoms with Gasteiger partial charge in [-0.2, -0.15) is 23.3 Å². The summed E-state index contributed by atoms with van der Waals surface area (Å²) in [6, 6.07) is 0.814. The Hall–Kier alpha value is -2.32. The van der Waals surface area contributed by atoms with Crippen LogP contribution in [0.3, 0.4) is 0 Å². The molecule has 0 saturated carbocycles. The Morgan fingerprint density at radius 2 is 2.00 bits per heavy atom. The molecule has 0 bridgehead atoms. The lowest BCUT2D eigenvalue weighted by Crippen LogP contribution is -2.37. The van der Waals surface area contributed by atoms with Crippen molar-refractivity contribution in [1.82, 2.24) is 20.1 Å². The molecular weight excluding hydrogens is 349 g/mol. The molecule has 0 aliphatic heterocycles. The monoisotopic (exact) mass is 372 g/mol. The smallest absolute Gasteiger partial charge is 0.417 e. The molecule has 2 aromatic heterocycles. The van der Waals surface area contributed by atoms with Gasteiger partial charge >= 0.3 is 6.18 Å². The zero-order valence-electron chi connectivity index (χ0n) is 15.4. The average molecular weight is 372 g/mol. The van der Waals surface area contributed by atoms with E-state index in [9.17, 15) is 18.0 Å². The Kier molecular flexibility index (Phi) is 5.77. The van der Waals surface area contributed by atoms with Crippen LogP contribution in [0.25, 0.3) is 11.0 Å². The van der Waals surface area contributed by atoms with Crippen LogP contribution in [0.1, 0.15) is 38.4 Å². The predicted octanol–water partition coefficient (Wildman–Crippen LogP) is 3.23. The fourth-order valence-corrected chi connectivity index (χ4v) is 2.57. The summed E-state index contributed by atoms with van der Waals surface area (Å²) in [5, 5.41) is 6.63. The molecule has 2 aromatic rings. The minimum atomic E-state index is -4.59. The molecule has 144 valence electrons. The molecule has 0 radical (unpaired) electrons. The molecule has 6 nitrogen and oxygen atoms in total. The van der Waals surface area contributed by atoms with E-state index in [1.165, 1.54) is 25.6 Å². The third-order valence-electron chi connectivity index (χ3n) is 3.94. The minimum absolute atomic E-state index is 0.0553. The number of rotatable bonds is 6. The Morgan fingerprint density at radius 3 is 2.58 bits per heavy atom. The second-order valence-corrected chi connectivity index (χ2v) is 6.65. The predicted molar refractivity (Wildman–Crippen MR) is 90.8 cm³/mol. The van der Waals surface area contributed by atoms with Gasteiger partial charge in [0.1, 0.15) is 0 Å². The maximum atomic E-state index is 13.4. The van der Waals surface area contributed by atoms with Gasteiger partial charge in [0.05, 0.1) is 16.6 Å². The molecule has 0 aliphatic rings. The van der Waals surface area contributed by atoms with Crippen molar-refractivity contribution in [3.8, 4) is 5.88 Å². The second-order valence-electron chi connectivity index (χ2n) is 6.65. The molecule has 0 aromatic carbocycles. The Bertz CT molecular complexity index is 799. The summed E-state index contributed by atoms with van der Waals surface area (Å²) < 4.78 is 46.9. The number of hydrogen-bond acceptors (Lipinski definition) is 4. The summed E-state index contributed by atoms with van der Waals surface area (Å²) in [5.41, 5.74) is -0.594. The van der Waals surface area contributed by atoms with Gasteiger partial charge in [0.25, 0.3) is 5.91 Å². The van der Waals surface area contributed by atoms with Crippen LogP contribution in [-0.4, -0.2) is 33.3 Å². The Morgan fingerprint density at radius 1 is 1.35 bits per heavy atom. The lowest BCUT2D eigenvalue weighted by Gasteiger charge is -2.16. The first-order valence-corrected chi connectivity index (χ1v) is 8.36. The van der Waals surface area contributed by atoms with Gasteiger partial charge in [0, 0.05) is 19.7 Å². The van der Waals surface area contributed by atoms with Crippen LogP contribution >= 0.6 is 0 Å².